The molecule has 1 N–H and O–H groups in total. The van der Waals surface area contributed by atoms with E-state index in [4.69, 9.17) is 0 Å². The number of aliphatic hydroxyl groups excluding tert-OH is 1. The summed E-state index contributed by atoms with van der Waals surface area (Å²) in [5, 5.41) is 10.5. The maximum absolute atomic E-state index is 10.5. The average Bonchev–Trinajstić information content (AvgIpc) is 2.40. The molecule has 1 saturated heterocycles. The Balaban J connectivity index is 2.05. The van der Waals surface area contributed by atoms with Crippen LogP contribution in [0.25, 0.3) is 0 Å². The number of likely N-dealkylation sites (tertiary alicyclic amines) is 1. The van der Waals surface area contributed by atoms with Gasteiger partial charge in [-0.3, -0.25) is 4.90 Å². The van der Waals surface area contributed by atoms with Crippen LogP contribution < -0.4 is 0 Å². The number of piperidine rings is 1. The Kier molecular flexibility index (Phi) is 5.18. The van der Waals surface area contributed by atoms with Gasteiger partial charge in [0.05, 0.1) is 6.10 Å². The molecule has 1 heterocycles. The van der Waals surface area contributed by atoms with Gasteiger partial charge in [-0.15, -0.1) is 0 Å². The van der Waals surface area contributed by atoms with Gasteiger partial charge in [0.2, 0.25) is 0 Å². The topological polar surface area (TPSA) is 23.5 Å². The monoisotopic (exact) mass is 281 g/mol. The first kappa shape index (κ1) is 16.3. The third kappa shape index (κ3) is 3.39. The van der Waals surface area contributed by atoms with Crippen LogP contribution in [0.2, 0.25) is 0 Å². The first-order chi connectivity index (χ1) is 9.35. The SMILES string of the molecule is CCC(C)(C)C1CCC(O)C(N2CCC(C)CC2C)C1. The smallest absolute Gasteiger partial charge is 0.0695 e. The maximum atomic E-state index is 10.5. The lowest BCUT2D eigenvalue weighted by molar-refractivity contribution is -0.0483. The predicted molar refractivity (Wildman–Crippen MR) is 85.8 cm³/mol. The van der Waals surface area contributed by atoms with Crippen LogP contribution in [0.15, 0.2) is 0 Å². The molecule has 2 aliphatic rings. The van der Waals surface area contributed by atoms with Gasteiger partial charge in [-0.1, -0.05) is 34.1 Å². The van der Waals surface area contributed by atoms with Crippen LogP contribution in [0.5, 0.6) is 0 Å². The van der Waals surface area contributed by atoms with Gasteiger partial charge >= 0.3 is 0 Å². The van der Waals surface area contributed by atoms with Crippen LogP contribution in [0.4, 0.5) is 0 Å². The summed E-state index contributed by atoms with van der Waals surface area (Å²) in [7, 11) is 0. The lowest BCUT2D eigenvalue weighted by Gasteiger charge is -2.49. The van der Waals surface area contributed by atoms with Gasteiger partial charge in [-0.05, 0) is 62.8 Å². The molecule has 2 fully saturated rings. The summed E-state index contributed by atoms with van der Waals surface area (Å²) in [4.78, 5) is 2.63. The van der Waals surface area contributed by atoms with Crippen LogP contribution >= 0.6 is 0 Å². The molecule has 0 aromatic carbocycles. The Labute approximate surface area is 125 Å². The Bertz CT molecular complexity index is 315. The van der Waals surface area contributed by atoms with Gasteiger partial charge in [0.15, 0.2) is 0 Å². The molecule has 2 nitrogen and oxygen atoms in total. The molecule has 0 bridgehead atoms. The van der Waals surface area contributed by atoms with Crippen molar-refractivity contribution >= 4 is 0 Å². The fraction of sp³-hybridized carbons (Fsp3) is 1.00. The summed E-state index contributed by atoms with van der Waals surface area (Å²) in [5.41, 5.74) is 0.421. The largest absolute Gasteiger partial charge is 0.391 e. The molecule has 1 aliphatic carbocycles. The number of aliphatic hydroxyl groups is 1. The van der Waals surface area contributed by atoms with E-state index in [-0.39, 0.29) is 6.10 Å². The van der Waals surface area contributed by atoms with E-state index in [9.17, 15) is 5.11 Å². The van der Waals surface area contributed by atoms with Crippen molar-refractivity contribution < 1.29 is 5.11 Å². The molecule has 0 amide bonds. The highest BCUT2D eigenvalue weighted by atomic mass is 16.3. The number of nitrogens with zero attached hydrogens (tertiary/aromatic N) is 1. The minimum atomic E-state index is -0.102. The van der Waals surface area contributed by atoms with Crippen LogP contribution in [-0.2, 0) is 0 Å². The van der Waals surface area contributed by atoms with Crippen molar-refractivity contribution in [3.63, 3.8) is 0 Å². The first-order valence-corrected chi connectivity index (χ1v) is 8.79. The van der Waals surface area contributed by atoms with Crippen LogP contribution in [0, 0.1) is 17.3 Å². The third-order valence-electron chi connectivity index (χ3n) is 6.41. The Hall–Kier alpha value is -0.0800. The highest BCUT2D eigenvalue weighted by Crippen LogP contribution is 2.42. The maximum Gasteiger partial charge on any atom is 0.0695 e. The van der Waals surface area contributed by atoms with Crippen molar-refractivity contribution in [2.75, 3.05) is 6.54 Å². The van der Waals surface area contributed by atoms with Gasteiger partial charge in [-0.25, -0.2) is 0 Å². The zero-order valence-electron chi connectivity index (χ0n) is 14.2. The molecule has 2 heteroatoms. The summed E-state index contributed by atoms with van der Waals surface area (Å²) in [6, 6.07) is 1.05. The Morgan fingerprint density at radius 2 is 1.80 bits per heavy atom. The zero-order valence-corrected chi connectivity index (χ0v) is 14.2. The summed E-state index contributed by atoms with van der Waals surface area (Å²) < 4.78 is 0. The number of hydrogen-bond acceptors (Lipinski definition) is 2. The Morgan fingerprint density at radius 1 is 1.10 bits per heavy atom. The van der Waals surface area contributed by atoms with E-state index in [1.165, 1.54) is 38.6 Å². The molecule has 5 atom stereocenters. The average molecular weight is 281 g/mol. The van der Waals surface area contributed by atoms with E-state index in [0.717, 1.165) is 18.3 Å². The molecule has 20 heavy (non-hydrogen) atoms. The van der Waals surface area contributed by atoms with Gasteiger partial charge in [0.1, 0.15) is 0 Å². The first-order valence-electron chi connectivity index (χ1n) is 8.79. The van der Waals surface area contributed by atoms with Crippen molar-refractivity contribution in [1.29, 1.82) is 0 Å². The quantitative estimate of drug-likeness (QED) is 0.843. The minimum absolute atomic E-state index is 0.102. The predicted octanol–water partition coefficient (Wildman–Crippen LogP) is 4.07. The molecule has 0 spiro atoms. The highest BCUT2D eigenvalue weighted by molar-refractivity contribution is 4.94. The molecule has 5 unspecified atom stereocenters. The molecule has 1 aliphatic heterocycles. The zero-order chi connectivity index (χ0) is 14.9. The number of hydrogen-bond donors (Lipinski definition) is 1. The summed E-state index contributed by atoms with van der Waals surface area (Å²) in [5.74, 6) is 1.62. The van der Waals surface area contributed by atoms with Crippen molar-refractivity contribution in [3.05, 3.63) is 0 Å². The molecular weight excluding hydrogens is 246 g/mol. The summed E-state index contributed by atoms with van der Waals surface area (Å²) >= 11 is 0. The lowest BCUT2D eigenvalue weighted by Crippen LogP contribution is -2.54. The summed E-state index contributed by atoms with van der Waals surface area (Å²) in [6.07, 6.45) is 7.14. The van der Waals surface area contributed by atoms with Gasteiger partial charge in [0.25, 0.3) is 0 Å². The molecule has 1 saturated carbocycles. The third-order valence-corrected chi connectivity index (χ3v) is 6.41. The minimum Gasteiger partial charge on any atom is -0.391 e. The van der Waals surface area contributed by atoms with Gasteiger partial charge in [-0.2, -0.15) is 0 Å². The molecule has 118 valence electrons. The van der Waals surface area contributed by atoms with Crippen molar-refractivity contribution in [2.45, 2.75) is 91.3 Å². The second-order valence-electron chi connectivity index (χ2n) is 8.20. The highest BCUT2D eigenvalue weighted by Gasteiger charge is 2.41. The molecule has 2 rings (SSSR count). The lowest BCUT2D eigenvalue weighted by atomic mass is 9.67. The second-order valence-corrected chi connectivity index (χ2v) is 8.20. The standard InChI is InChI=1S/C18H35NO/c1-6-18(4,5)15-7-8-17(20)16(12-15)19-10-9-13(2)11-14(19)3/h13-17,20H,6-12H2,1-5H3. The van der Waals surface area contributed by atoms with Crippen LogP contribution in [0.3, 0.4) is 0 Å². The van der Waals surface area contributed by atoms with E-state index < -0.39 is 0 Å². The van der Waals surface area contributed by atoms with E-state index in [0.29, 0.717) is 17.5 Å². The molecule has 0 aromatic heterocycles. The van der Waals surface area contributed by atoms with Gasteiger partial charge in [0, 0.05) is 12.1 Å². The second kappa shape index (κ2) is 6.36. The molecule has 0 radical (unpaired) electrons. The van der Waals surface area contributed by atoms with E-state index in [1.54, 1.807) is 0 Å². The van der Waals surface area contributed by atoms with Crippen molar-refractivity contribution in [1.82, 2.24) is 4.90 Å². The van der Waals surface area contributed by atoms with Crippen LogP contribution in [-0.4, -0.2) is 34.7 Å². The molecule has 0 aromatic rings. The number of rotatable bonds is 3. The van der Waals surface area contributed by atoms with E-state index in [2.05, 4.69) is 39.5 Å². The fourth-order valence-electron chi connectivity index (χ4n) is 4.40. The molecular formula is C18H35NO. The van der Waals surface area contributed by atoms with Crippen molar-refractivity contribution in [2.24, 2.45) is 17.3 Å². The normalized spacial score (nSPS) is 40.8. The fourth-order valence-corrected chi connectivity index (χ4v) is 4.40. The van der Waals surface area contributed by atoms with E-state index >= 15 is 0 Å². The van der Waals surface area contributed by atoms with Gasteiger partial charge < -0.3 is 5.11 Å². The summed E-state index contributed by atoms with van der Waals surface area (Å²) in [6.45, 7) is 13.0. The van der Waals surface area contributed by atoms with Crippen molar-refractivity contribution in [3.8, 4) is 0 Å². The van der Waals surface area contributed by atoms with Crippen LogP contribution in [0.1, 0.15) is 73.1 Å². The van der Waals surface area contributed by atoms with E-state index in [1.807, 2.05) is 0 Å². The Morgan fingerprint density at radius 3 is 2.40 bits per heavy atom.